The highest BCUT2D eigenvalue weighted by Gasteiger charge is 2.07. The largest absolute Gasteiger partial charge is 0.376 e. The highest BCUT2D eigenvalue weighted by molar-refractivity contribution is 5.96. The first-order valence-corrected chi connectivity index (χ1v) is 8.69. The smallest absolute Gasteiger partial charge is 0.251 e. The van der Waals surface area contributed by atoms with Crippen LogP contribution in [-0.2, 0) is 9.59 Å². The normalized spacial score (nSPS) is 10.0. The minimum absolute atomic E-state index is 0.0733. The molecule has 2 aromatic rings. The highest BCUT2D eigenvalue weighted by Crippen LogP contribution is 2.20. The summed E-state index contributed by atoms with van der Waals surface area (Å²) in [5.41, 5.74) is 3.49. The lowest BCUT2D eigenvalue weighted by Gasteiger charge is -2.12. The van der Waals surface area contributed by atoms with Gasteiger partial charge in [-0.2, -0.15) is 0 Å². The van der Waals surface area contributed by atoms with Crippen LogP contribution in [-0.4, -0.2) is 31.3 Å². The van der Waals surface area contributed by atoms with Crippen molar-refractivity contribution >= 4 is 34.8 Å². The number of nitrogens with one attached hydrogen (secondary N) is 4. The lowest BCUT2D eigenvalue weighted by atomic mass is 10.1. The van der Waals surface area contributed by atoms with E-state index in [9.17, 15) is 14.4 Å². The molecule has 0 spiro atoms. The van der Waals surface area contributed by atoms with E-state index in [0.29, 0.717) is 23.4 Å². The van der Waals surface area contributed by atoms with Crippen LogP contribution in [0.4, 0.5) is 17.1 Å². The van der Waals surface area contributed by atoms with E-state index in [1.165, 1.54) is 0 Å². The van der Waals surface area contributed by atoms with Gasteiger partial charge in [-0.15, -0.1) is 0 Å². The molecule has 7 heteroatoms. The Morgan fingerprint density at radius 2 is 1.56 bits per heavy atom. The molecule has 0 bridgehead atoms. The number of rotatable bonds is 7. The molecule has 27 heavy (non-hydrogen) atoms. The van der Waals surface area contributed by atoms with Crippen molar-refractivity contribution in [1.29, 1.82) is 0 Å². The molecule has 7 nitrogen and oxygen atoms in total. The summed E-state index contributed by atoms with van der Waals surface area (Å²) in [4.78, 5) is 35.2. The monoisotopic (exact) mass is 368 g/mol. The summed E-state index contributed by atoms with van der Waals surface area (Å²) in [6.07, 6.45) is 0.388. The van der Waals surface area contributed by atoms with Crippen LogP contribution in [0.1, 0.15) is 29.3 Å². The molecule has 0 aliphatic carbocycles. The van der Waals surface area contributed by atoms with Crippen LogP contribution < -0.4 is 21.3 Å². The Bertz CT molecular complexity index is 832. The molecule has 0 saturated heterocycles. The zero-order valence-corrected chi connectivity index (χ0v) is 15.7. The van der Waals surface area contributed by atoms with E-state index in [2.05, 4.69) is 21.3 Å². The second kappa shape index (κ2) is 9.38. The Hall–Kier alpha value is -3.35. The Morgan fingerprint density at radius 1 is 0.889 bits per heavy atom. The van der Waals surface area contributed by atoms with E-state index in [1.807, 2.05) is 13.0 Å². The summed E-state index contributed by atoms with van der Waals surface area (Å²) >= 11 is 0. The highest BCUT2D eigenvalue weighted by atomic mass is 16.2. The molecule has 142 valence electrons. The summed E-state index contributed by atoms with van der Waals surface area (Å²) in [6, 6.07) is 12.2. The van der Waals surface area contributed by atoms with Crippen molar-refractivity contribution in [3.8, 4) is 0 Å². The van der Waals surface area contributed by atoms with Gasteiger partial charge in [-0.3, -0.25) is 14.4 Å². The molecule has 0 saturated carbocycles. The number of anilines is 3. The fourth-order valence-corrected chi connectivity index (χ4v) is 2.34. The van der Waals surface area contributed by atoms with Gasteiger partial charge in [0.1, 0.15) is 0 Å². The quantitative estimate of drug-likeness (QED) is 0.604. The Balaban J connectivity index is 1.93. The van der Waals surface area contributed by atoms with Gasteiger partial charge in [-0.25, -0.2) is 0 Å². The second-order valence-corrected chi connectivity index (χ2v) is 5.99. The molecule has 0 atom stereocenters. The van der Waals surface area contributed by atoms with Crippen LogP contribution in [0, 0.1) is 6.92 Å². The van der Waals surface area contributed by atoms with Gasteiger partial charge in [0.15, 0.2) is 0 Å². The number of amides is 3. The van der Waals surface area contributed by atoms with Gasteiger partial charge in [0.25, 0.3) is 5.91 Å². The topological polar surface area (TPSA) is 99.3 Å². The fourth-order valence-electron chi connectivity index (χ4n) is 2.34. The van der Waals surface area contributed by atoms with Gasteiger partial charge < -0.3 is 21.3 Å². The molecule has 0 heterocycles. The second-order valence-electron chi connectivity index (χ2n) is 5.99. The van der Waals surface area contributed by atoms with Gasteiger partial charge in [-0.1, -0.05) is 13.0 Å². The zero-order valence-electron chi connectivity index (χ0n) is 15.7. The Labute approximate surface area is 158 Å². The third-order valence-corrected chi connectivity index (χ3v) is 3.94. The fraction of sp³-hybridized carbons (Fsp3) is 0.250. The van der Waals surface area contributed by atoms with Crippen LogP contribution in [0.3, 0.4) is 0 Å². The molecule has 0 radical (unpaired) electrons. The molecule has 0 fully saturated rings. The first-order chi connectivity index (χ1) is 12.9. The maximum Gasteiger partial charge on any atom is 0.251 e. The number of aryl methyl sites for hydroxylation is 1. The van der Waals surface area contributed by atoms with E-state index >= 15 is 0 Å². The van der Waals surface area contributed by atoms with E-state index < -0.39 is 0 Å². The standard InChI is InChI=1S/C20H24N4O3/c1-4-18(25)24-17-11-16(8-5-13(17)2)23-19(26)12-22-15-9-6-14(7-10-15)20(27)21-3/h5-11,22H,4,12H2,1-3H3,(H,21,27)(H,23,26)(H,24,25). The number of hydrogen-bond acceptors (Lipinski definition) is 4. The van der Waals surface area contributed by atoms with Crippen molar-refractivity contribution in [3.63, 3.8) is 0 Å². The van der Waals surface area contributed by atoms with Crippen molar-refractivity contribution in [2.45, 2.75) is 20.3 Å². The minimum Gasteiger partial charge on any atom is -0.376 e. The van der Waals surface area contributed by atoms with Crippen LogP contribution in [0.2, 0.25) is 0 Å². The van der Waals surface area contributed by atoms with Crippen LogP contribution in [0.25, 0.3) is 0 Å². The van der Waals surface area contributed by atoms with Crippen LogP contribution in [0.5, 0.6) is 0 Å². The van der Waals surface area contributed by atoms with Gasteiger partial charge in [-0.05, 0) is 48.9 Å². The predicted molar refractivity (Wildman–Crippen MR) is 107 cm³/mol. The Kier molecular flexibility index (Phi) is 6.93. The molecule has 0 aromatic heterocycles. The van der Waals surface area contributed by atoms with Crippen molar-refractivity contribution < 1.29 is 14.4 Å². The third-order valence-electron chi connectivity index (χ3n) is 3.94. The van der Waals surface area contributed by atoms with E-state index in [-0.39, 0.29) is 24.3 Å². The molecule has 0 unspecified atom stereocenters. The van der Waals surface area contributed by atoms with Gasteiger partial charge in [0.2, 0.25) is 11.8 Å². The molecule has 2 aromatic carbocycles. The summed E-state index contributed by atoms with van der Waals surface area (Å²) < 4.78 is 0. The van der Waals surface area contributed by atoms with Crippen molar-refractivity contribution in [3.05, 3.63) is 53.6 Å². The first kappa shape index (κ1) is 20.0. The van der Waals surface area contributed by atoms with Crippen molar-refractivity contribution in [1.82, 2.24) is 5.32 Å². The molecule has 4 N–H and O–H groups in total. The summed E-state index contributed by atoms with van der Waals surface area (Å²) in [7, 11) is 1.57. The van der Waals surface area contributed by atoms with E-state index in [4.69, 9.17) is 0 Å². The van der Waals surface area contributed by atoms with E-state index in [1.54, 1.807) is 50.4 Å². The van der Waals surface area contributed by atoms with Crippen molar-refractivity contribution in [2.75, 3.05) is 29.5 Å². The summed E-state index contributed by atoms with van der Waals surface area (Å²) in [5, 5.41) is 11.2. The minimum atomic E-state index is -0.220. The number of hydrogen-bond donors (Lipinski definition) is 4. The average molecular weight is 368 g/mol. The molecule has 0 aliphatic heterocycles. The number of carbonyl (C=O) groups is 3. The van der Waals surface area contributed by atoms with E-state index in [0.717, 1.165) is 11.3 Å². The van der Waals surface area contributed by atoms with Crippen molar-refractivity contribution in [2.24, 2.45) is 0 Å². The third kappa shape index (κ3) is 5.85. The van der Waals surface area contributed by atoms with Crippen LogP contribution >= 0.6 is 0 Å². The lowest BCUT2D eigenvalue weighted by Crippen LogP contribution is -2.22. The maximum atomic E-state index is 12.2. The van der Waals surface area contributed by atoms with Gasteiger partial charge >= 0.3 is 0 Å². The van der Waals surface area contributed by atoms with Gasteiger partial charge in [0.05, 0.1) is 6.54 Å². The Morgan fingerprint density at radius 3 is 2.19 bits per heavy atom. The SMILES string of the molecule is CCC(=O)Nc1cc(NC(=O)CNc2ccc(C(=O)NC)cc2)ccc1C. The molecular formula is C20H24N4O3. The summed E-state index contributed by atoms with van der Waals surface area (Å²) in [6.45, 7) is 3.74. The molecule has 3 amide bonds. The maximum absolute atomic E-state index is 12.2. The average Bonchev–Trinajstić information content (AvgIpc) is 2.68. The number of benzene rings is 2. The molecule has 2 rings (SSSR count). The first-order valence-electron chi connectivity index (χ1n) is 8.69. The summed E-state index contributed by atoms with van der Waals surface area (Å²) in [5.74, 6) is -0.463. The van der Waals surface area contributed by atoms with Crippen LogP contribution in [0.15, 0.2) is 42.5 Å². The zero-order chi connectivity index (χ0) is 19.8. The van der Waals surface area contributed by atoms with Gasteiger partial charge in [0, 0.05) is 36.1 Å². The molecular weight excluding hydrogens is 344 g/mol. The predicted octanol–water partition coefficient (Wildman–Crippen LogP) is 2.75. The number of carbonyl (C=O) groups excluding carboxylic acids is 3. The molecule has 0 aliphatic rings. The lowest BCUT2D eigenvalue weighted by molar-refractivity contribution is -0.116.